The molecule has 3 fully saturated rings. The number of carbonyl (C=O) groups is 4. The van der Waals surface area contributed by atoms with Crippen molar-refractivity contribution in [2.24, 2.45) is 5.92 Å². The van der Waals surface area contributed by atoms with E-state index in [4.69, 9.17) is 9.84 Å². The van der Waals surface area contributed by atoms with Crippen molar-refractivity contribution in [2.45, 2.75) is 25.4 Å². The van der Waals surface area contributed by atoms with Crippen LogP contribution < -0.4 is 15.1 Å². The Hall–Kier alpha value is -3.83. The van der Waals surface area contributed by atoms with Crippen molar-refractivity contribution >= 4 is 34.9 Å². The number of benzene rings is 2. The number of amides is 2. The first-order valence-electron chi connectivity index (χ1n) is 13.6. The lowest BCUT2D eigenvalue weighted by atomic mass is 9.90. The summed E-state index contributed by atoms with van der Waals surface area (Å²) in [6.07, 6.45) is 0.378. The molecule has 0 bridgehead atoms. The van der Waals surface area contributed by atoms with Crippen LogP contribution in [0.25, 0.3) is 0 Å². The number of carbonyl (C=O) groups excluding carboxylic acids is 3. The molecule has 3 saturated heterocycles. The van der Waals surface area contributed by atoms with E-state index in [0.717, 1.165) is 31.9 Å². The first kappa shape index (κ1) is 27.7. The molecule has 2 aromatic rings. The van der Waals surface area contributed by atoms with Crippen molar-refractivity contribution in [2.75, 3.05) is 62.2 Å². The second-order valence-electron chi connectivity index (χ2n) is 10.5. The summed E-state index contributed by atoms with van der Waals surface area (Å²) < 4.78 is 20.9. The highest BCUT2D eigenvalue weighted by Crippen LogP contribution is 2.25. The Morgan fingerprint density at radius 1 is 0.975 bits per heavy atom. The van der Waals surface area contributed by atoms with Crippen LogP contribution in [0.15, 0.2) is 42.5 Å². The average molecular weight is 553 g/mol. The predicted molar refractivity (Wildman–Crippen MR) is 145 cm³/mol. The maximum Gasteiger partial charge on any atom is 0.335 e. The second-order valence-corrected chi connectivity index (χ2v) is 10.5. The third-order valence-corrected chi connectivity index (χ3v) is 7.86. The van der Waals surface area contributed by atoms with Crippen LogP contribution in [0.3, 0.4) is 0 Å². The van der Waals surface area contributed by atoms with Gasteiger partial charge in [-0.1, -0.05) is 0 Å². The number of ketones is 1. The minimum atomic E-state index is -0.942. The number of carboxylic acids is 1. The van der Waals surface area contributed by atoms with Gasteiger partial charge in [-0.2, -0.15) is 0 Å². The van der Waals surface area contributed by atoms with Gasteiger partial charge in [0.15, 0.2) is 5.78 Å². The highest BCUT2D eigenvalue weighted by atomic mass is 19.1. The standard InChI is InChI=1S/C29H33FN4O6/c30-25-16-22(6-7-24(25)26(35)15-20-3-8-27(36)31-28(20)37)33-11-9-32(10-12-33)17-23-18-34(13-14-40-23)21-4-1-19(2-5-21)29(38)39/h1-2,4-7,16,20,23H,3,8-15,17-18H2,(H,38,39)(H,31,36,37)/t20-,23-/m1/s1. The van der Waals surface area contributed by atoms with E-state index in [1.165, 1.54) is 12.1 Å². The number of piperazine rings is 1. The van der Waals surface area contributed by atoms with E-state index < -0.39 is 29.4 Å². The quantitative estimate of drug-likeness (QED) is 0.375. The van der Waals surface area contributed by atoms with E-state index in [1.807, 2.05) is 12.1 Å². The number of ether oxygens (including phenoxy) is 1. The number of hydrogen-bond donors (Lipinski definition) is 2. The molecular formula is C29H33FN4O6. The highest BCUT2D eigenvalue weighted by Gasteiger charge is 2.30. The maximum atomic E-state index is 14.9. The van der Waals surface area contributed by atoms with Gasteiger partial charge in [0.1, 0.15) is 5.82 Å². The summed E-state index contributed by atoms with van der Waals surface area (Å²) in [5.74, 6) is -3.42. The minimum absolute atomic E-state index is 0.0200. The van der Waals surface area contributed by atoms with E-state index in [1.54, 1.807) is 18.2 Å². The number of piperidine rings is 1. The molecule has 0 unspecified atom stereocenters. The molecule has 10 nitrogen and oxygen atoms in total. The number of morpholine rings is 1. The van der Waals surface area contributed by atoms with Crippen molar-refractivity contribution in [3.8, 4) is 0 Å². The lowest BCUT2D eigenvalue weighted by Gasteiger charge is -2.40. The highest BCUT2D eigenvalue weighted by molar-refractivity contribution is 6.03. The van der Waals surface area contributed by atoms with Gasteiger partial charge in [-0.25, -0.2) is 9.18 Å². The van der Waals surface area contributed by atoms with Crippen LogP contribution in [0.4, 0.5) is 15.8 Å². The Labute approximate surface area is 231 Å². The van der Waals surface area contributed by atoms with Gasteiger partial charge in [0, 0.05) is 75.9 Å². The van der Waals surface area contributed by atoms with E-state index >= 15 is 0 Å². The summed E-state index contributed by atoms with van der Waals surface area (Å²) in [4.78, 5) is 53.7. The number of Topliss-reactive ketones (excluding diaryl/α,β-unsaturated/α-hetero) is 1. The molecule has 5 rings (SSSR count). The Morgan fingerprint density at radius 3 is 2.38 bits per heavy atom. The van der Waals surface area contributed by atoms with E-state index in [9.17, 15) is 23.6 Å². The second kappa shape index (κ2) is 12.1. The largest absolute Gasteiger partial charge is 0.478 e. The first-order valence-corrected chi connectivity index (χ1v) is 13.6. The zero-order valence-electron chi connectivity index (χ0n) is 22.2. The topological polar surface area (TPSA) is 119 Å². The van der Waals surface area contributed by atoms with Gasteiger partial charge in [-0.15, -0.1) is 0 Å². The summed E-state index contributed by atoms with van der Waals surface area (Å²) in [5.41, 5.74) is 1.91. The predicted octanol–water partition coefficient (Wildman–Crippen LogP) is 2.18. The fourth-order valence-electron chi connectivity index (χ4n) is 5.55. The fraction of sp³-hybridized carbons (Fsp3) is 0.448. The normalized spacial score (nSPS) is 22.2. The summed E-state index contributed by atoms with van der Waals surface area (Å²) >= 11 is 0. The molecule has 2 N–H and O–H groups in total. The molecule has 212 valence electrons. The third kappa shape index (κ3) is 6.48. The third-order valence-electron chi connectivity index (χ3n) is 7.86. The van der Waals surface area contributed by atoms with Crippen LogP contribution in [-0.2, 0) is 14.3 Å². The zero-order chi connectivity index (χ0) is 28.2. The van der Waals surface area contributed by atoms with Crippen molar-refractivity contribution in [3.05, 3.63) is 59.4 Å². The number of halogens is 1. The van der Waals surface area contributed by atoms with Gasteiger partial charge in [-0.05, 0) is 48.9 Å². The smallest absolute Gasteiger partial charge is 0.335 e. The molecule has 0 radical (unpaired) electrons. The van der Waals surface area contributed by atoms with Gasteiger partial charge in [0.25, 0.3) is 0 Å². The van der Waals surface area contributed by atoms with Crippen LogP contribution in [0.5, 0.6) is 0 Å². The number of anilines is 2. The van der Waals surface area contributed by atoms with Crippen LogP contribution in [0.1, 0.15) is 40.0 Å². The molecular weight excluding hydrogens is 519 g/mol. The van der Waals surface area contributed by atoms with E-state index in [2.05, 4.69) is 20.0 Å². The molecule has 0 aliphatic carbocycles. The molecule has 40 heavy (non-hydrogen) atoms. The van der Waals surface area contributed by atoms with Crippen molar-refractivity contribution in [3.63, 3.8) is 0 Å². The Morgan fingerprint density at radius 2 is 1.70 bits per heavy atom. The Balaban J connectivity index is 1.11. The summed E-state index contributed by atoms with van der Waals surface area (Å²) in [7, 11) is 0. The summed E-state index contributed by atoms with van der Waals surface area (Å²) in [5, 5.41) is 11.4. The van der Waals surface area contributed by atoms with E-state index in [0.29, 0.717) is 38.3 Å². The van der Waals surface area contributed by atoms with E-state index in [-0.39, 0.29) is 36.0 Å². The Kier molecular flexibility index (Phi) is 8.41. The summed E-state index contributed by atoms with van der Waals surface area (Å²) in [6.45, 7) is 5.79. The number of aromatic carboxylic acids is 1. The molecule has 2 aromatic carbocycles. The average Bonchev–Trinajstić information content (AvgIpc) is 2.95. The number of hydrogen-bond acceptors (Lipinski definition) is 8. The van der Waals surface area contributed by atoms with Gasteiger partial charge >= 0.3 is 5.97 Å². The van der Waals surface area contributed by atoms with Gasteiger partial charge in [0.2, 0.25) is 11.8 Å². The lowest BCUT2D eigenvalue weighted by Crippen LogP contribution is -2.52. The number of carboxylic acid groups (broad SMARTS) is 1. The SMILES string of the molecule is O=C1CC[C@H](CC(=O)c2ccc(N3CCN(C[C@@H]4CN(c5ccc(C(=O)O)cc5)CCO4)CC3)cc2F)C(=O)N1. The number of nitrogens with zero attached hydrogens (tertiary/aromatic N) is 3. The van der Waals surface area contributed by atoms with Crippen molar-refractivity contribution < 1.29 is 33.4 Å². The summed E-state index contributed by atoms with van der Waals surface area (Å²) in [6, 6.07) is 11.5. The number of rotatable bonds is 8. The molecule has 3 heterocycles. The first-order chi connectivity index (χ1) is 19.3. The molecule has 2 atom stereocenters. The van der Waals surface area contributed by atoms with Crippen LogP contribution in [-0.4, -0.2) is 92.1 Å². The van der Waals surface area contributed by atoms with Crippen molar-refractivity contribution in [1.82, 2.24) is 10.2 Å². The van der Waals surface area contributed by atoms with Crippen LogP contribution in [0.2, 0.25) is 0 Å². The van der Waals surface area contributed by atoms with Crippen LogP contribution in [0, 0.1) is 11.7 Å². The minimum Gasteiger partial charge on any atom is -0.478 e. The monoisotopic (exact) mass is 552 g/mol. The number of imide groups is 1. The molecule has 0 aromatic heterocycles. The van der Waals surface area contributed by atoms with Gasteiger partial charge in [-0.3, -0.25) is 24.6 Å². The molecule has 0 spiro atoms. The zero-order valence-corrected chi connectivity index (χ0v) is 22.2. The van der Waals surface area contributed by atoms with Gasteiger partial charge in [0.05, 0.1) is 23.8 Å². The number of nitrogens with one attached hydrogen (secondary N) is 1. The Bertz CT molecular complexity index is 1280. The fourth-order valence-corrected chi connectivity index (χ4v) is 5.55. The maximum absolute atomic E-state index is 14.9. The van der Waals surface area contributed by atoms with Crippen molar-refractivity contribution in [1.29, 1.82) is 0 Å². The molecule has 11 heteroatoms. The van der Waals surface area contributed by atoms with Gasteiger partial charge < -0.3 is 19.6 Å². The lowest BCUT2D eigenvalue weighted by molar-refractivity contribution is -0.136. The molecule has 3 aliphatic heterocycles. The van der Waals surface area contributed by atoms with Crippen LogP contribution >= 0.6 is 0 Å². The molecule has 2 amide bonds. The molecule has 3 aliphatic rings. The molecule has 0 saturated carbocycles.